The van der Waals surface area contributed by atoms with Crippen molar-refractivity contribution in [2.75, 3.05) is 32.4 Å². The standard InChI is InChI=1S/C24H25N7O5S2/c1-14-27-29-23(38-14)26-21(32)13-37-24-30-28-20(31(24)18-7-5-6-8-19(18)36-4)12-25-22(33)15-9-16(34-2)11-17(10-15)35-3/h5-11H,12-13H2,1-4H3,(H,25,33)(H,26,29,32). The van der Waals surface area contributed by atoms with E-state index in [1.165, 1.54) is 37.3 Å². The van der Waals surface area contributed by atoms with Gasteiger partial charge in [-0.15, -0.1) is 20.4 Å². The molecule has 0 saturated heterocycles. The first-order valence-corrected chi connectivity index (χ1v) is 13.0. The molecule has 2 heterocycles. The highest BCUT2D eigenvalue weighted by Gasteiger charge is 2.20. The molecule has 4 rings (SSSR count). The minimum atomic E-state index is -0.349. The molecule has 2 aromatic carbocycles. The third-order valence-electron chi connectivity index (χ3n) is 5.15. The number of nitrogens with zero attached hydrogens (tertiary/aromatic N) is 5. The Hall–Kier alpha value is -4.17. The number of carbonyl (C=O) groups is 2. The van der Waals surface area contributed by atoms with E-state index in [-0.39, 0.29) is 24.1 Å². The molecule has 0 spiro atoms. The van der Waals surface area contributed by atoms with Crippen LogP contribution < -0.4 is 24.8 Å². The lowest BCUT2D eigenvalue weighted by Crippen LogP contribution is -2.25. The Kier molecular flexibility index (Phi) is 8.76. The highest BCUT2D eigenvalue weighted by molar-refractivity contribution is 7.99. The lowest BCUT2D eigenvalue weighted by Gasteiger charge is -2.14. The Labute approximate surface area is 226 Å². The van der Waals surface area contributed by atoms with Gasteiger partial charge in [-0.25, -0.2) is 0 Å². The van der Waals surface area contributed by atoms with Crippen LogP contribution in [0.4, 0.5) is 5.13 Å². The molecule has 4 aromatic rings. The van der Waals surface area contributed by atoms with Crippen LogP contribution in [0, 0.1) is 6.92 Å². The zero-order valence-electron chi connectivity index (χ0n) is 21.0. The first-order valence-electron chi connectivity index (χ1n) is 11.2. The van der Waals surface area contributed by atoms with Gasteiger partial charge in [-0.05, 0) is 31.2 Å². The Morgan fingerprint density at radius 2 is 1.71 bits per heavy atom. The monoisotopic (exact) mass is 555 g/mol. The van der Waals surface area contributed by atoms with Gasteiger partial charge in [0.05, 0.1) is 39.3 Å². The van der Waals surface area contributed by atoms with Gasteiger partial charge in [-0.3, -0.25) is 19.5 Å². The van der Waals surface area contributed by atoms with Gasteiger partial charge in [0.25, 0.3) is 5.91 Å². The van der Waals surface area contributed by atoms with Gasteiger partial charge >= 0.3 is 0 Å². The number of benzene rings is 2. The molecule has 0 fully saturated rings. The van der Waals surface area contributed by atoms with Crippen molar-refractivity contribution in [2.45, 2.75) is 18.6 Å². The summed E-state index contributed by atoms with van der Waals surface area (Å²) in [7, 11) is 4.59. The number of ether oxygens (including phenoxy) is 3. The van der Waals surface area contributed by atoms with Crippen molar-refractivity contribution in [3.8, 4) is 22.9 Å². The molecule has 2 amide bonds. The zero-order valence-corrected chi connectivity index (χ0v) is 22.7. The first-order chi connectivity index (χ1) is 18.4. The molecule has 198 valence electrons. The Bertz CT molecular complexity index is 1420. The van der Waals surface area contributed by atoms with E-state index in [0.29, 0.717) is 44.6 Å². The smallest absolute Gasteiger partial charge is 0.251 e. The molecule has 2 N–H and O–H groups in total. The number of hydrogen-bond acceptors (Lipinski definition) is 11. The summed E-state index contributed by atoms with van der Waals surface area (Å²) in [4.78, 5) is 25.4. The first kappa shape index (κ1) is 26.9. The fourth-order valence-electron chi connectivity index (χ4n) is 3.40. The molecule has 0 saturated carbocycles. The molecule has 0 radical (unpaired) electrons. The number of methoxy groups -OCH3 is 3. The molecular weight excluding hydrogens is 530 g/mol. The number of aromatic nitrogens is 5. The second-order valence-corrected chi connectivity index (χ2v) is 9.78. The fraction of sp³-hybridized carbons (Fsp3) is 0.250. The van der Waals surface area contributed by atoms with Crippen LogP contribution in [0.25, 0.3) is 5.69 Å². The summed E-state index contributed by atoms with van der Waals surface area (Å²) in [5, 5.41) is 23.6. The maximum absolute atomic E-state index is 12.9. The van der Waals surface area contributed by atoms with Crippen LogP contribution in [0.1, 0.15) is 21.2 Å². The normalized spacial score (nSPS) is 10.6. The molecular formula is C24H25N7O5S2. The van der Waals surface area contributed by atoms with Crippen molar-refractivity contribution in [3.63, 3.8) is 0 Å². The van der Waals surface area contributed by atoms with Crippen LogP contribution in [0.5, 0.6) is 17.2 Å². The van der Waals surface area contributed by atoms with E-state index >= 15 is 0 Å². The average molecular weight is 556 g/mol. The van der Waals surface area contributed by atoms with Crippen LogP contribution in [-0.2, 0) is 11.3 Å². The minimum Gasteiger partial charge on any atom is -0.497 e. The van der Waals surface area contributed by atoms with Crippen LogP contribution in [0.2, 0.25) is 0 Å². The summed E-state index contributed by atoms with van der Waals surface area (Å²) in [6.45, 7) is 1.86. The second-order valence-electron chi connectivity index (χ2n) is 7.65. The van der Waals surface area contributed by atoms with Crippen molar-refractivity contribution in [1.82, 2.24) is 30.3 Å². The van der Waals surface area contributed by atoms with E-state index in [1.54, 1.807) is 35.9 Å². The molecule has 0 aliphatic heterocycles. The number of anilines is 1. The number of nitrogens with one attached hydrogen (secondary N) is 2. The van der Waals surface area contributed by atoms with Gasteiger partial charge in [0.1, 0.15) is 22.3 Å². The molecule has 12 nitrogen and oxygen atoms in total. The van der Waals surface area contributed by atoms with E-state index in [2.05, 4.69) is 31.0 Å². The number of thioether (sulfide) groups is 1. The second kappa shape index (κ2) is 12.4. The van der Waals surface area contributed by atoms with Crippen LogP contribution in [0.15, 0.2) is 47.6 Å². The Morgan fingerprint density at radius 1 is 0.974 bits per heavy atom. The summed E-state index contributed by atoms with van der Waals surface area (Å²) in [5.41, 5.74) is 1.03. The minimum absolute atomic E-state index is 0.0558. The topological polar surface area (TPSA) is 142 Å². The number of rotatable bonds is 11. The summed E-state index contributed by atoms with van der Waals surface area (Å²) in [6.07, 6.45) is 0. The molecule has 0 aliphatic rings. The lowest BCUT2D eigenvalue weighted by molar-refractivity contribution is -0.113. The highest BCUT2D eigenvalue weighted by Crippen LogP contribution is 2.29. The predicted octanol–water partition coefficient (Wildman–Crippen LogP) is 3.11. The van der Waals surface area contributed by atoms with Gasteiger partial charge in [0.15, 0.2) is 11.0 Å². The van der Waals surface area contributed by atoms with Crippen molar-refractivity contribution < 1.29 is 23.8 Å². The highest BCUT2D eigenvalue weighted by atomic mass is 32.2. The van der Waals surface area contributed by atoms with E-state index in [1.807, 2.05) is 25.1 Å². The van der Waals surface area contributed by atoms with Crippen LogP contribution >= 0.6 is 23.1 Å². The summed E-state index contributed by atoms with van der Waals surface area (Å²) < 4.78 is 17.8. The molecule has 0 unspecified atom stereocenters. The van der Waals surface area contributed by atoms with Crippen molar-refractivity contribution in [1.29, 1.82) is 0 Å². The number of para-hydroxylation sites is 2. The van der Waals surface area contributed by atoms with Crippen LogP contribution in [0.3, 0.4) is 0 Å². The number of amides is 2. The third kappa shape index (κ3) is 6.39. The van der Waals surface area contributed by atoms with Crippen molar-refractivity contribution in [3.05, 3.63) is 58.9 Å². The molecule has 0 bridgehead atoms. The Morgan fingerprint density at radius 3 is 2.37 bits per heavy atom. The van der Waals surface area contributed by atoms with Gasteiger partial charge < -0.3 is 19.5 Å². The number of carbonyl (C=O) groups excluding carboxylic acids is 2. The van der Waals surface area contributed by atoms with E-state index in [0.717, 1.165) is 5.01 Å². The van der Waals surface area contributed by atoms with Gasteiger partial charge in [-0.2, -0.15) is 0 Å². The van der Waals surface area contributed by atoms with Crippen LogP contribution in [-0.4, -0.2) is 63.9 Å². The third-order valence-corrected chi connectivity index (χ3v) is 6.83. The summed E-state index contributed by atoms with van der Waals surface area (Å²) in [6, 6.07) is 12.2. The zero-order chi connectivity index (χ0) is 27.1. The van der Waals surface area contributed by atoms with E-state index in [9.17, 15) is 9.59 Å². The van der Waals surface area contributed by atoms with Gasteiger partial charge in [-0.1, -0.05) is 35.2 Å². The lowest BCUT2D eigenvalue weighted by atomic mass is 10.2. The Balaban J connectivity index is 1.55. The maximum Gasteiger partial charge on any atom is 0.251 e. The molecule has 0 atom stereocenters. The van der Waals surface area contributed by atoms with Crippen molar-refractivity contribution >= 4 is 40.0 Å². The van der Waals surface area contributed by atoms with Gasteiger partial charge in [0.2, 0.25) is 11.0 Å². The quantitative estimate of drug-likeness (QED) is 0.265. The number of hydrogen-bond donors (Lipinski definition) is 2. The fourth-order valence-corrected chi connectivity index (χ4v) is 4.77. The summed E-state index contributed by atoms with van der Waals surface area (Å²) >= 11 is 2.48. The van der Waals surface area contributed by atoms with E-state index in [4.69, 9.17) is 14.2 Å². The van der Waals surface area contributed by atoms with E-state index < -0.39 is 0 Å². The average Bonchev–Trinajstić information content (AvgIpc) is 3.54. The predicted molar refractivity (Wildman–Crippen MR) is 143 cm³/mol. The molecule has 14 heteroatoms. The largest absolute Gasteiger partial charge is 0.497 e. The molecule has 0 aliphatic carbocycles. The molecule has 2 aromatic heterocycles. The molecule has 38 heavy (non-hydrogen) atoms. The SMILES string of the molecule is COc1cc(OC)cc(C(=O)NCc2nnc(SCC(=O)Nc3nnc(C)s3)n2-c2ccccc2OC)c1. The summed E-state index contributed by atoms with van der Waals surface area (Å²) in [5.74, 6) is 1.45. The maximum atomic E-state index is 12.9. The van der Waals surface area contributed by atoms with Crippen molar-refractivity contribution in [2.24, 2.45) is 0 Å². The van der Waals surface area contributed by atoms with Gasteiger partial charge in [0, 0.05) is 11.6 Å². The number of aryl methyl sites for hydroxylation is 1.